The second-order valence-corrected chi connectivity index (χ2v) is 4.76. The van der Waals surface area contributed by atoms with Crippen molar-refractivity contribution in [1.82, 2.24) is 5.01 Å². The highest BCUT2D eigenvalue weighted by Crippen LogP contribution is 2.09. The lowest BCUT2D eigenvalue weighted by Gasteiger charge is -2.16. The van der Waals surface area contributed by atoms with Gasteiger partial charge in [-0.2, -0.15) is 0 Å². The van der Waals surface area contributed by atoms with Gasteiger partial charge >= 0.3 is 0 Å². The molecule has 4 N–H and O–H groups in total. The molecule has 0 aromatic rings. The normalized spacial score (nSPS) is 12.2. The molecule has 0 radical (unpaired) electrons. The van der Waals surface area contributed by atoms with Gasteiger partial charge in [-0.25, -0.2) is 10.9 Å². The number of hydrazine groups is 1. The molecule has 0 aromatic carbocycles. The molecule has 0 rings (SSSR count). The first-order chi connectivity index (χ1) is 8.50. The Balaban J connectivity index is 3.61. The van der Waals surface area contributed by atoms with Gasteiger partial charge in [-0.15, -0.1) is 0 Å². The fraction of sp³-hybridized carbons (Fsp3) is 0.846. The predicted molar refractivity (Wildman–Crippen MR) is 72.3 cm³/mol. The third-order valence-electron chi connectivity index (χ3n) is 2.89. The Morgan fingerprint density at radius 3 is 2.06 bits per heavy atom. The molecule has 0 heterocycles. The first-order valence-electron chi connectivity index (χ1n) is 6.87. The van der Waals surface area contributed by atoms with E-state index in [0.717, 1.165) is 19.3 Å². The van der Waals surface area contributed by atoms with Crippen LogP contribution in [0.2, 0.25) is 0 Å². The van der Waals surface area contributed by atoms with Crippen LogP contribution in [0.3, 0.4) is 0 Å². The van der Waals surface area contributed by atoms with Gasteiger partial charge in [-0.05, 0) is 13.3 Å². The number of carbonyl (C=O) groups excluding carboxylic acids is 2. The predicted octanol–water partition coefficient (Wildman–Crippen LogP) is 1.70. The van der Waals surface area contributed by atoms with Crippen molar-refractivity contribution in [2.24, 2.45) is 11.6 Å². The van der Waals surface area contributed by atoms with Gasteiger partial charge in [0.25, 0.3) is 5.91 Å². The maximum absolute atomic E-state index is 11.5. The number of amides is 2. The lowest BCUT2D eigenvalue weighted by molar-refractivity contribution is -0.145. The summed E-state index contributed by atoms with van der Waals surface area (Å²) in [6.45, 7) is 3.70. The summed E-state index contributed by atoms with van der Waals surface area (Å²) in [6, 6.07) is -0.729. The van der Waals surface area contributed by atoms with E-state index in [-0.39, 0.29) is 5.91 Å². The molecule has 106 valence electrons. The zero-order valence-corrected chi connectivity index (χ0v) is 11.7. The molecule has 5 heteroatoms. The minimum atomic E-state index is -0.729. The lowest BCUT2D eigenvalue weighted by atomic mass is 10.1. The fourth-order valence-electron chi connectivity index (χ4n) is 1.70. The van der Waals surface area contributed by atoms with Crippen LogP contribution in [0, 0.1) is 0 Å². The zero-order valence-electron chi connectivity index (χ0n) is 11.7. The van der Waals surface area contributed by atoms with Gasteiger partial charge in [0.1, 0.15) is 0 Å². The Morgan fingerprint density at radius 1 is 1.06 bits per heavy atom. The van der Waals surface area contributed by atoms with Crippen molar-refractivity contribution in [1.29, 1.82) is 0 Å². The second-order valence-electron chi connectivity index (χ2n) is 4.76. The number of imide groups is 1. The van der Waals surface area contributed by atoms with Crippen LogP contribution in [0.1, 0.15) is 65.2 Å². The monoisotopic (exact) mass is 257 g/mol. The van der Waals surface area contributed by atoms with Gasteiger partial charge in [-0.3, -0.25) is 9.59 Å². The number of hydrogen-bond acceptors (Lipinski definition) is 4. The maximum atomic E-state index is 11.5. The summed E-state index contributed by atoms with van der Waals surface area (Å²) in [5, 5.41) is 0.655. The standard InChI is InChI=1S/C13H27N3O2/c1-3-4-5-6-7-8-9-10-12(17)16(15)13(18)11(2)14/h11H,3-10,14-15H2,1-2H3. The van der Waals surface area contributed by atoms with Crippen LogP contribution in [0.5, 0.6) is 0 Å². The second kappa shape index (κ2) is 10.0. The molecule has 0 aliphatic heterocycles. The molecule has 0 fully saturated rings. The molecule has 0 aliphatic carbocycles. The third-order valence-corrected chi connectivity index (χ3v) is 2.89. The van der Waals surface area contributed by atoms with Crippen molar-refractivity contribution in [2.45, 2.75) is 71.3 Å². The number of carbonyl (C=O) groups is 2. The van der Waals surface area contributed by atoms with Crippen LogP contribution in [0.25, 0.3) is 0 Å². The van der Waals surface area contributed by atoms with E-state index in [0.29, 0.717) is 11.4 Å². The van der Waals surface area contributed by atoms with E-state index in [1.165, 1.54) is 32.6 Å². The van der Waals surface area contributed by atoms with Crippen LogP contribution in [-0.4, -0.2) is 22.9 Å². The number of nitrogens with two attached hydrogens (primary N) is 2. The SMILES string of the molecule is CCCCCCCCCC(=O)N(N)C(=O)C(C)N. The van der Waals surface area contributed by atoms with Crippen molar-refractivity contribution in [2.75, 3.05) is 0 Å². The first-order valence-corrected chi connectivity index (χ1v) is 6.87. The summed E-state index contributed by atoms with van der Waals surface area (Å²) >= 11 is 0. The van der Waals surface area contributed by atoms with Gasteiger partial charge < -0.3 is 5.73 Å². The number of nitrogens with zero attached hydrogens (tertiary/aromatic N) is 1. The van der Waals surface area contributed by atoms with Crippen LogP contribution in [-0.2, 0) is 9.59 Å². The topological polar surface area (TPSA) is 89.4 Å². The summed E-state index contributed by atoms with van der Waals surface area (Å²) < 4.78 is 0. The van der Waals surface area contributed by atoms with Gasteiger partial charge in [0.2, 0.25) is 5.91 Å². The van der Waals surface area contributed by atoms with Gasteiger partial charge in [0.15, 0.2) is 0 Å². The lowest BCUT2D eigenvalue weighted by Crippen LogP contribution is -2.49. The summed E-state index contributed by atoms with van der Waals surface area (Å²) in [4.78, 5) is 22.9. The Kier molecular flexibility index (Phi) is 9.50. The Hall–Kier alpha value is -0.940. The number of rotatable bonds is 9. The molecule has 0 aliphatic rings. The molecule has 2 amide bonds. The van der Waals surface area contributed by atoms with Crippen LogP contribution in [0.15, 0.2) is 0 Å². The summed E-state index contributed by atoms with van der Waals surface area (Å²) in [6.07, 6.45) is 8.24. The smallest absolute Gasteiger partial charge is 0.260 e. The average molecular weight is 257 g/mol. The van der Waals surface area contributed by atoms with Crippen LogP contribution >= 0.6 is 0 Å². The van der Waals surface area contributed by atoms with E-state index < -0.39 is 11.9 Å². The Labute approximate surface area is 110 Å². The van der Waals surface area contributed by atoms with E-state index in [1.54, 1.807) is 0 Å². The average Bonchev–Trinajstić information content (AvgIpc) is 2.35. The summed E-state index contributed by atoms with van der Waals surface area (Å²) in [7, 11) is 0. The molecular formula is C13H27N3O2. The van der Waals surface area contributed by atoms with Crippen LogP contribution < -0.4 is 11.6 Å². The molecule has 0 bridgehead atoms. The van der Waals surface area contributed by atoms with E-state index in [2.05, 4.69) is 6.92 Å². The molecule has 0 saturated carbocycles. The molecule has 1 unspecified atom stereocenters. The van der Waals surface area contributed by atoms with E-state index in [4.69, 9.17) is 11.6 Å². The minimum Gasteiger partial charge on any atom is -0.320 e. The molecule has 0 spiro atoms. The van der Waals surface area contributed by atoms with Crippen molar-refractivity contribution in [3.8, 4) is 0 Å². The van der Waals surface area contributed by atoms with Crippen molar-refractivity contribution < 1.29 is 9.59 Å². The van der Waals surface area contributed by atoms with Gasteiger partial charge in [-0.1, -0.05) is 45.4 Å². The van der Waals surface area contributed by atoms with E-state index in [1.807, 2.05) is 0 Å². The molecule has 0 aromatic heterocycles. The van der Waals surface area contributed by atoms with Gasteiger partial charge in [0.05, 0.1) is 6.04 Å². The summed E-state index contributed by atoms with van der Waals surface area (Å²) in [5.41, 5.74) is 5.37. The highest BCUT2D eigenvalue weighted by Gasteiger charge is 2.20. The molecule has 1 atom stereocenters. The Bertz CT molecular complexity index is 255. The van der Waals surface area contributed by atoms with Crippen molar-refractivity contribution >= 4 is 11.8 Å². The summed E-state index contributed by atoms with van der Waals surface area (Å²) in [5.74, 6) is 4.53. The third kappa shape index (κ3) is 7.40. The van der Waals surface area contributed by atoms with Crippen molar-refractivity contribution in [3.05, 3.63) is 0 Å². The largest absolute Gasteiger partial charge is 0.320 e. The maximum Gasteiger partial charge on any atom is 0.260 e. The molecule has 5 nitrogen and oxygen atoms in total. The van der Waals surface area contributed by atoms with Crippen molar-refractivity contribution in [3.63, 3.8) is 0 Å². The highest BCUT2D eigenvalue weighted by molar-refractivity contribution is 5.96. The highest BCUT2D eigenvalue weighted by atomic mass is 16.2. The molecule has 0 saturated heterocycles. The fourth-order valence-corrected chi connectivity index (χ4v) is 1.70. The van der Waals surface area contributed by atoms with Crippen LogP contribution in [0.4, 0.5) is 0 Å². The quantitative estimate of drug-likeness (QED) is 0.285. The van der Waals surface area contributed by atoms with E-state index in [9.17, 15) is 9.59 Å². The minimum absolute atomic E-state index is 0.322. The number of unbranched alkanes of at least 4 members (excludes halogenated alkanes) is 6. The number of hydrogen-bond donors (Lipinski definition) is 2. The van der Waals surface area contributed by atoms with E-state index >= 15 is 0 Å². The first kappa shape index (κ1) is 17.1. The Morgan fingerprint density at radius 2 is 1.56 bits per heavy atom. The van der Waals surface area contributed by atoms with Gasteiger partial charge in [0, 0.05) is 6.42 Å². The molecule has 18 heavy (non-hydrogen) atoms. The molecular weight excluding hydrogens is 230 g/mol. The zero-order chi connectivity index (χ0) is 14.0.